The van der Waals surface area contributed by atoms with Crippen LogP contribution in [0.3, 0.4) is 0 Å². The van der Waals surface area contributed by atoms with E-state index in [-0.39, 0.29) is 5.78 Å². The van der Waals surface area contributed by atoms with Crippen LogP contribution in [0, 0.1) is 0 Å². The number of hydrogen-bond acceptors (Lipinski definition) is 4. The normalized spacial score (nSPS) is 10.2. The standard InChI is InChI=1S/C15H16N2O2/c1-11(18)14-10-13(16)2-3-15(14)19-9-6-12-4-7-17-8-5-12/h2-5,7-8,10H,6,9,16H2,1H3. The molecule has 0 atom stereocenters. The molecule has 1 aromatic heterocycles. The number of nitrogen functional groups attached to an aromatic ring is 1. The summed E-state index contributed by atoms with van der Waals surface area (Å²) >= 11 is 0. The molecule has 0 unspecified atom stereocenters. The Morgan fingerprint density at radius 1 is 1.26 bits per heavy atom. The van der Waals surface area contributed by atoms with Gasteiger partial charge in [-0.25, -0.2) is 0 Å². The fraction of sp³-hybridized carbons (Fsp3) is 0.200. The number of carbonyl (C=O) groups excluding carboxylic acids is 1. The molecular weight excluding hydrogens is 240 g/mol. The third kappa shape index (κ3) is 3.55. The molecule has 0 saturated carbocycles. The van der Waals surface area contributed by atoms with Crippen LogP contribution in [0.5, 0.6) is 5.75 Å². The van der Waals surface area contributed by atoms with Crippen molar-refractivity contribution >= 4 is 11.5 Å². The minimum absolute atomic E-state index is 0.0498. The first-order valence-corrected chi connectivity index (χ1v) is 6.09. The highest BCUT2D eigenvalue weighted by molar-refractivity contribution is 5.97. The molecule has 2 N–H and O–H groups in total. The van der Waals surface area contributed by atoms with E-state index in [0.29, 0.717) is 23.6 Å². The van der Waals surface area contributed by atoms with Gasteiger partial charge in [0.2, 0.25) is 0 Å². The summed E-state index contributed by atoms with van der Waals surface area (Å²) in [5.74, 6) is 0.530. The second-order valence-corrected chi connectivity index (χ2v) is 4.27. The van der Waals surface area contributed by atoms with Gasteiger partial charge in [-0.3, -0.25) is 9.78 Å². The van der Waals surface area contributed by atoms with Crippen LogP contribution in [-0.2, 0) is 6.42 Å². The fourth-order valence-electron chi connectivity index (χ4n) is 1.78. The van der Waals surface area contributed by atoms with Crippen molar-refractivity contribution in [2.24, 2.45) is 0 Å². The summed E-state index contributed by atoms with van der Waals surface area (Å²) < 4.78 is 5.66. The van der Waals surface area contributed by atoms with Gasteiger partial charge in [-0.05, 0) is 42.8 Å². The van der Waals surface area contributed by atoms with Crippen LogP contribution >= 0.6 is 0 Å². The number of benzene rings is 1. The van der Waals surface area contributed by atoms with E-state index in [9.17, 15) is 4.79 Å². The summed E-state index contributed by atoms with van der Waals surface area (Å²) in [6.07, 6.45) is 4.27. The van der Waals surface area contributed by atoms with E-state index in [0.717, 1.165) is 12.0 Å². The summed E-state index contributed by atoms with van der Waals surface area (Å²) in [6, 6.07) is 8.99. The Morgan fingerprint density at radius 3 is 2.68 bits per heavy atom. The monoisotopic (exact) mass is 256 g/mol. The number of pyridine rings is 1. The van der Waals surface area contributed by atoms with E-state index in [4.69, 9.17) is 10.5 Å². The van der Waals surface area contributed by atoms with E-state index in [1.54, 1.807) is 30.6 Å². The molecule has 0 aliphatic carbocycles. The molecule has 19 heavy (non-hydrogen) atoms. The highest BCUT2D eigenvalue weighted by Crippen LogP contribution is 2.22. The molecule has 2 rings (SSSR count). The zero-order chi connectivity index (χ0) is 13.7. The predicted molar refractivity (Wildman–Crippen MR) is 74.3 cm³/mol. The van der Waals surface area contributed by atoms with Gasteiger partial charge in [0.15, 0.2) is 5.78 Å². The molecule has 0 aliphatic rings. The SMILES string of the molecule is CC(=O)c1cc(N)ccc1OCCc1ccncc1. The first-order chi connectivity index (χ1) is 9.16. The second kappa shape index (κ2) is 6.00. The van der Waals surface area contributed by atoms with Gasteiger partial charge >= 0.3 is 0 Å². The number of rotatable bonds is 5. The minimum atomic E-state index is -0.0498. The summed E-state index contributed by atoms with van der Waals surface area (Å²) in [6.45, 7) is 2.01. The molecule has 0 amide bonds. The quantitative estimate of drug-likeness (QED) is 0.659. The van der Waals surface area contributed by atoms with Crippen LogP contribution in [-0.4, -0.2) is 17.4 Å². The average Bonchev–Trinajstić information content (AvgIpc) is 2.41. The minimum Gasteiger partial charge on any atom is -0.492 e. The Hall–Kier alpha value is -2.36. The van der Waals surface area contributed by atoms with Crippen molar-refractivity contribution in [1.29, 1.82) is 0 Å². The molecule has 0 saturated heterocycles. The number of nitrogens with zero attached hydrogens (tertiary/aromatic N) is 1. The number of nitrogens with two attached hydrogens (primary N) is 1. The van der Waals surface area contributed by atoms with Gasteiger partial charge in [-0.15, -0.1) is 0 Å². The molecule has 1 aromatic carbocycles. The smallest absolute Gasteiger partial charge is 0.163 e. The lowest BCUT2D eigenvalue weighted by molar-refractivity contribution is 0.101. The van der Waals surface area contributed by atoms with Crippen molar-refractivity contribution in [2.45, 2.75) is 13.3 Å². The molecule has 0 bridgehead atoms. The third-order valence-electron chi connectivity index (χ3n) is 2.78. The molecule has 0 spiro atoms. The number of Topliss-reactive ketones (excluding diaryl/α,β-unsaturated/α-hetero) is 1. The summed E-state index contributed by atoms with van der Waals surface area (Å²) in [5, 5.41) is 0. The molecule has 4 nitrogen and oxygen atoms in total. The van der Waals surface area contributed by atoms with Crippen molar-refractivity contribution in [1.82, 2.24) is 4.98 Å². The first kappa shape index (κ1) is 13.1. The number of anilines is 1. The molecular formula is C15H16N2O2. The van der Waals surface area contributed by atoms with Gasteiger partial charge in [-0.2, -0.15) is 0 Å². The zero-order valence-corrected chi connectivity index (χ0v) is 10.8. The van der Waals surface area contributed by atoms with Crippen LogP contribution in [0.15, 0.2) is 42.7 Å². The third-order valence-corrected chi connectivity index (χ3v) is 2.78. The maximum atomic E-state index is 11.5. The average molecular weight is 256 g/mol. The molecule has 98 valence electrons. The van der Waals surface area contributed by atoms with Crippen molar-refractivity contribution in [3.8, 4) is 5.75 Å². The van der Waals surface area contributed by atoms with Gasteiger partial charge in [0, 0.05) is 24.5 Å². The van der Waals surface area contributed by atoms with Crippen LogP contribution in [0.2, 0.25) is 0 Å². The van der Waals surface area contributed by atoms with Gasteiger partial charge in [0.05, 0.1) is 12.2 Å². The number of aromatic nitrogens is 1. The van der Waals surface area contributed by atoms with E-state index in [1.165, 1.54) is 6.92 Å². The van der Waals surface area contributed by atoms with Gasteiger partial charge < -0.3 is 10.5 Å². The van der Waals surface area contributed by atoms with Gasteiger partial charge in [-0.1, -0.05) is 0 Å². The van der Waals surface area contributed by atoms with Crippen molar-refractivity contribution in [3.63, 3.8) is 0 Å². The molecule has 0 fully saturated rings. The Labute approximate surface area is 112 Å². The van der Waals surface area contributed by atoms with Crippen molar-refractivity contribution in [3.05, 3.63) is 53.9 Å². The van der Waals surface area contributed by atoms with E-state index in [1.807, 2.05) is 12.1 Å². The molecule has 1 heterocycles. The number of ketones is 1. The Kier molecular flexibility index (Phi) is 4.13. The van der Waals surface area contributed by atoms with E-state index >= 15 is 0 Å². The zero-order valence-electron chi connectivity index (χ0n) is 10.8. The van der Waals surface area contributed by atoms with Gasteiger partial charge in [0.1, 0.15) is 5.75 Å². The fourth-order valence-corrected chi connectivity index (χ4v) is 1.78. The highest BCUT2D eigenvalue weighted by Gasteiger charge is 2.08. The van der Waals surface area contributed by atoms with Crippen LogP contribution in [0.25, 0.3) is 0 Å². The van der Waals surface area contributed by atoms with E-state index < -0.39 is 0 Å². The molecule has 0 radical (unpaired) electrons. The number of ether oxygens (including phenoxy) is 1. The lowest BCUT2D eigenvalue weighted by Gasteiger charge is -2.10. The summed E-state index contributed by atoms with van der Waals surface area (Å²) in [4.78, 5) is 15.5. The van der Waals surface area contributed by atoms with Crippen molar-refractivity contribution in [2.75, 3.05) is 12.3 Å². The molecule has 4 heteroatoms. The first-order valence-electron chi connectivity index (χ1n) is 6.09. The predicted octanol–water partition coefficient (Wildman–Crippen LogP) is 2.49. The van der Waals surface area contributed by atoms with Crippen LogP contribution in [0.1, 0.15) is 22.8 Å². The van der Waals surface area contributed by atoms with Crippen molar-refractivity contribution < 1.29 is 9.53 Å². The largest absolute Gasteiger partial charge is 0.492 e. The summed E-state index contributed by atoms with van der Waals surface area (Å²) in [5.41, 5.74) is 7.90. The lowest BCUT2D eigenvalue weighted by Crippen LogP contribution is -2.06. The number of carbonyl (C=O) groups is 1. The topological polar surface area (TPSA) is 65.2 Å². The lowest BCUT2D eigenvalue weighted by atomic mass is 10.1. The Bertz CT molecular complexity index is 568. The highest BCUT2D eigenvalue weighted by atomic mass is 16.5. The van der Waals surface area contributed by atoms with Crippen LogP contribution < -0.4 is 10.5 Å². The van der Waals surface area contributed by atoms with Crippen LogP contribution in [0.4, 0.5) is 5.69 Å². The van der Waals surface area contributed by atoms with Gasteiger partial charge in [0.25, 0.3) is 0 Å². The van der Waals surface area contributed by atoms with E-state index in [2.05, 4.69) is 4.98 Å². The number of hydrogen-bond donors (Lipinski definition) is 1. The molecule has 2 aromatic rings. The maximum Gasteiger partial charge on any atom is 0.163 e. The maximum absolute atomic E-state index is 11.5. The Balaban J connectivity index is 2.02. The second-order valence-electron chi connectivity index (χ2n) is 4.27. The summed E-state index contributed by atoms with van der Waals surface area (Å²) in [7, 11) is 0. The molecule has 0 aliphatic heterocycles. The Morgan fingerprint density at radius 2 is 2.00 bits per heavy atom.